The Balaban J connectivity index is -0.000000219. The number of rotatable bonds is 21. The molecule has 0 atom stereocenters. The summed E-state index contributed by atoms with van der Waals surface area (Å²) in [4.78, 5) is 10.1. The van der Waals surface area contributed by atoms with Gasteiger partial charge in [-0.15, -0.1) is 0 Å². The van der Waals surface area contributed by atoms with Crippen LogP contribution in [-0.2, 0) is 4.79 Å². The summed E-state index contributed by atoms with van der Waals surface area (Å²) in [6, 6.07) is 0. The summed E-state index contributed by atoms with van der Waals surface area (Å²) in [6.07, 6.45) is 27.9. The van der Waals surface area contributed by atoms with Gasteiger partial charge in [-0.05, 0) is 12.8 Å². The maximum Gasteiger partial charge on any atom is 1.00 e. The Kier molecular flexibility index (Phi) is 51.9. The van der Waals surface area contributed by atoms with E-state index in [1.165, 1.54) is 116 Å². The molecular formula is C26H52K2O2. The summed E-state index contributed by atoms with van der Waals surface area (Å²) >= 11 is 0. The van der Waals surface area contributed by atoms with Crippen molar-refractivity contribution < 1.29 is 113 Å². The first-order chi connectivity index (χ1) is 13.7. The van der Waals surface area contributed by atoms with Crippen LogP contribution in [0.25, 0.3) is 0 Å². The van der Waals surface area contributed by atoms with Gasteiger partial charge in [0.15, 0.2) is 0 Å². The van der Waals surface area contributed by atoms with Gasteiger partial charge in [-0.1, -0.05) is 136 Å². The number of unbranched alkanes of at least 4 members (excludes halogenated alkanes) is 19. The predicted molar refractivity (Wildman–Crippen MR) is 123 cm³/mol. The van der Waals surface area contributed by atoms with E-state index < -0.39 is 5.97 Å². The minimum Gasteiger partial charge on any atom is -0.550 e. The monoisotopic (exact) mass is 474 g/mol. The number of carbonyl (C=O) groups is 1. The molecule has 0 aromatic rings. The fraction of sp³-hybridized carbons (Fsp3) is 0.923. The van der Waals surface area contributed by atoms with Gasteiger partial charge in [0, 0.05) is 5.97 Å². The van der Waals surface area contributed by atoms with Crippen molar-refractivity contribution in [1.82, 2.24) is 0 Å². The van der Waals surface area contributed by atoms with Crippen molar-refractivity contribution in [3.63, 3.8) is 0 Å². The molecule has 0 aromatic heterocycles. The van der Waals surface area contributed by atoms with Crippen LogP contribution in [0, 0.1) is 6.92 Å². The molecule has 0 rings (SSSR count). The average Bonchev–Trinajstić information content (AvgIpc) is 2.68. The second-order valence-corrected chi connectivity index (χ2v) is 8.34. The van der Waals surface area contributed by atoms with E-state index in [4.69, 9.17) is 0 Å². The second-order valence-electron chi connectivity index (χ2n) is 8.34. The van der Waals surface area contributed by atoms with Crippen molar-refractivity contribution in [2.75, 3.05) is 0 Å². The van der Waals surface area contributed by atoms with Crippen LogP contribution in [0.1, 0.15) is 155 Å². The number of aliphatic carboxylic acids is 1. The van der Waals surface area contributed by atoms with Crippen LogP contribution in [-0.4, -0.2) is 5.97 Å². The van der Waals surface area contributed by atoms with Crippen molar-refractivity contribution in [3.8, 4) is 0 Å². The number of hydrogen-bond donors (Lipinski definition) is 0. The van der Waals surface area contributed by atoms with Gasteiger partial charge >= 0.3 is 103 Å². The molecule has 4 heteroatoms. The van der Waals surface area contributed by atoms with E-state index in [2.05, 4.69) is 20.8 Å². The van der Waals surface area contributed by atoms with E-state index in [0.29, 0.717) is 0 Å². The van der Waals surface area contributed by atoms with Crippen molar-refractivity contribution in [2.24, 2.45) is 0 Å². The maximum atomic E-state index is 10.1. The Labute approximate surface area is 276 Å². The van der Waals surface area contributed by atoms with E-state index in [0.717, 1.165) is 19.3 Å². The van der Waals surface area contributed by atoms with E-state index in [-0.39, 0.29) is 109 Å². The third-order valence-corrected chi connectivity index (χ3v) is 5.34. The number of carbonyl (C=O) groups excluding carboxylic acids is 1. The van der Waals surface area contributed by atoms with Gasteiger partial charge in [0.1, 0.15) is 0 Å². The van der Waals surface area contributed by atoms with Crippen LogP contribution in [0.3, 0.4) is 0 Å². The van der Waals surface area contributed by atoms with E-state index in [1.807, 2.05) is 0 Å². The zero-order chi connectivity index (χ0) is 21.1. The van der Waals surface area contributed by atoms with E-state index >= 15 is 0 Å². The third-order valence-electron chi connectivity index (χ3n) is 5.34. The molecule has 0 spiro atoms. The molecule has 0 aliphatic heterocycles. The topological polar surface area (TPSA) is 40.1 Å². The van der Waals surface area contributed by atoms with Crippen molar-refractivity contribution in [1.29, 1.82) is 0 Å². The summed E-state index contributed by atoms with van der Waals surface area (Å²) in [6.45, 7) is 8.36. The fourth-order valence-electron chi connectivity index (χ4n) is 3.42. The quantitative estimate of drug-likeness (QED) is 0.145. The first kappa shape index (κ1) is 39.9. The molecule has 0 heterocycles. The molecule has 2 nitrogen and oxygen atoms in total. The molecule has 0 aliphatic carbocycles. The van der Waals surface area contributed by atoms with Crippen LogP contribution < -0.4 is 108 Å². The molecule has 0 aromatic carbocycles. The normalized spacial score (nSPS) is 9.83. The van der Waals surface area contributed by atoms with Gasteiger partial charge in [-0.25, -0.2) is 0 Å². The van der Waals surface area contributed by atoms with Crippen LogP contribution >= 0.6 is 0 Å². The predicted octanol–water partition coefficient (Wildman–Crippen LogP) is 2.19. The maximum absolute atomic E-state index is 10.1. The Morgan fingerprint density at radius 2 is 0.800 bits per heavy atom. The van der Waals surface area contributed by atoms with Gasteiger partial charge in [0.2, 0.25) is 0 Å². The van der Waals surface area contributed by atoms with Gasteiger partial charge in [0.05, 0.1) is 0 Å². The molecule has 0 saturated heterocycles. The standard InChI is InChI=1S/C14H28O2.C12H25.2K/c1-2-3-4-5-6-7-8-9-10-11-12-13-14(15)16;1-3-5-7-9-11-12-10-8-6-4-2;;/h2-13H2,1H3,(H,15,16);1,3-12H2,2H3;;/q;-1;2*+1/p-1. The Morgan fingerprint density at radius 1 is 0.533 bits per heavy atom. The summed E-state index contributed by atoms with van der Waals surface area (Å²) in [5.74, 6) is -0.907. The molecular weight excluding hydrogens is 422 g/mol. The first-order valence-corrected chi connectivity index (χ1v) is 12.7. The smallest absolute Gasteiger partial charge is 0.550 e. The molecule has 0 radical (unpaired) electrons. The molecule has 30 heavy (non-hydrogen) atoms. The van der Waals surface area contributed by atoms with Gasteiger partial charge < -0.3 is 16.8 Å². The molecule has 0 amide bonds. The summed E-state index contributed by atoms with van der Waals surface area (Å²) in [7, 11) is 0. The van der Waals surface area contributed by atoms with Crippen molar-refractivity contribution in [2.45, 2.75) is 155 Å². The number of carboxylic acids is 1. The molecule has 170 valence electrons. The van der Waals surface area contributed by atoms with Crippen LogP contribution in [0.15, 0.2) is 0 Å². The molecule has 0 N–H and O–H groups in total. The Morgan fingerprint density at radius 3 is 1.07 bits per heavy atom. The third kappa shape index (κ3) is 44.4. The van der Waals surface area contributed by atoms with E-state index in [9.17, 15) is 9.90 Å². The minimum absolute atomic E-state index is 0. The fourth-order valence-corrected chi connectivity index (χ4v) is 3.42. The van der Waals surface area contributed by atoms with Crippen molar-refractivity contribution in [3.05, 3.63) is 6.92 Å². The molecule has 0 aliphatic rings. The van der Waals surface area contributed by atoms with E-state index in [1.54, 1.807) is 0 Å². The number of hydrogen-bond acceptors (Lipinski definition) is 2. The molecule has 0 fully saturated rings. The first-order valence-electron chi connectivity index (χ1n) is 12.7. The van der Waals surface area contributed by atoms with Gasteiger partial charge in [-0.3, -0.25) is 0 Å². The summed E-state index contributed by atoms with van der Waals surface area (Å²) in [5, 5.41) is 10.1. The molecule has 0 bridgehead atoms. The van der Waals surface area contributed by atoms with Gasteiger partial charge in [0.25, 0.3) is 0 Å². The summed E-state index contributed by atoms with van der Waals surface area (Å²) in [5.41, 5.74) is 0. The van der Waals surface area contributed by atoms with Gasteiger partial charge in [-0.2, -0.15) is 6.42 Å². The van der Waals surface area contributed by atoms with Crippen molar-refractivity contribution >= 4 is 5.97 Å². The zero-order valence-corrected chi connectivity index (χ0v) is 27.8. The summed E-state index contributed by atoms with van der Waals surface area (Å²) < 4.78 is 0. The van der Waals surface area contributed by atoms with Crippen LogP contribution in [0.2, 0.25) is 0 Å². The van der Waals surface area contributed by atoms with Crippen LogP contribution in [0.5, 0.6) is 0 Å². The average molecular weight is 475 g/mol. The molecule has 0 saturated carbocycles. The largest absolute Gasteiger partial charge is 1.00 e. The Bertz CT molecular complexity index is 276. The second kappa shape index (κ2) is 39.0. The Hall–Kier alpha value is 2.74. The van der Waals surface area contributed by atoms with Crippen LogP contribution in [0.4, 0.5) is 0 Å². The SMILES string of the molecule is CCCCCCCCCCCCCC(=O)[O-].[CH2-]CCCCCCCCCCC.[K+].[K+]. The molecule has 0 unspecified atom stereocenters. The number of carboxylic acid groups (broad SMARTS) is 1. The zero-order valence-electron chi connectivity index (χ0n) is 21.6. The minimum atomic E-state index is -0.907.